The Labute approximate surface area is 84.9 Å². The Kier molecular flexibility index (Phi) is 1.99. The number of halogens is 1. The first kappa shape index (κ1) is 9.45. The van der Waals surface area contributed by atoms with E-state index in [1.807, 2.05) is 0 Å². The average Bonchev–Trinajstić information content (AvgIpc) is 2.47. The number of nitrogens with zero attached hydrogens (tertiary/aromatic N) is 1. The van der Waals surface area contributed by atoms with Gasteiger partial charge in [0, 0.05) is 17.8 Å². The molecular formula is C7H6ClN3O2S. The second-order valence-electron chi connectivity index (χ2n) is 2.72. The van der Waals surface area contributed by atoms with Gasteiger partial charge in [-0.2, -0.15) is 0 Å². The second-order valence-corrected chi connectivity index (χ2v) is 4.61. The second kappa shape index (κ2) is 2.94. The van der Waals surface area contributed by atoms with Crippen LogP contribution in [0.25, 0.3) is 10.9 Å². The molecule has 3 N–H and O–H groups in total. The minimum atomic E-state index is -3.72. The van der Waals surface area contributed by atoms with Crippen LogP contribution in [0.1, 0.15) is 0 Å². The van der Waals surface area contributed by atoms with Crippen molar-refractivity contribution in [2.75, 3.05) is 0 Å². The van der Waals surface area contributed by atoms with Crippen LogP contribution in [0.15, 0.2) is 23.4 Å². The number of rotatable bonds is 1. The summed E-state index contributed by atoms with van der Waals surface area (Å²) in [5, 5.41) is 5.68. The first-order valence-corrected chi connectivity index (χ1v) is 5.57. The van der Waals surface area contributed by atoms with Gasteiger partial charge in [-0.05, 0) is 6.07 Å². The van der Waals surface area contributed by atoms with Crippen molar-refractivity contribution >= 4 is 32.5 Å². The van der Waals surface area contributed by atoms with Crippen molar-refractivity contribution in [3.05, 3.63) is 23.6 Å². The maximum absolute atomic E-state index is 11.1. The number of pyridine rings is 1. The molecule has 0 aromatic carbocycles. The van der Waals surface area contributed by atoms with Crippen molar-refractivity contribution in [2.45, 2.75) is 4.90 Å². The molecule has 2 rings (SSSR count). The summed E-state index contributed by atoms with van der Waals surface area (Å²) in [7, 11) is -3.72. The number of primary sulfonamides is 1. The van der Waals surface area contributed by atoms with Crippen molar-refractivity contribution in [2.24, 2.45) is 5.14 Å². The summed E-state index contributed by atoms with van der Waals surface area (Å²) in [4.78, 5) is 6.54. The molecule has 0 aliphatic heterocycles. The number of H-pyrrole nitrogens is 1. The Morgan fingerprint density at radius 2 is 2.21 bits per heavy atom. The lowest BCUT2D eigenvalue weighted by Gasteiger charge is -1.95. The van der Waals surface area contributed by atoms with E-state index in [0.29, 0.717) is 10.9 Å². The van der Waals surface area contributed by atoms with Gasteiger partial charge in [-0.3, -0.25) is 0 Å². The van der Waals surface area contributed by atoms with Crippen LogP contribution in [0.2, 0.25) is 5.15 Å². The molecule has 5 nitrogen and oxygen atoms in total. The molecule has 0 saturated carbocycles. The third kappa shape index (κ3) is 1.37. The normalized spacial score (nSPS) is 12.1. The number of hydrogen-bond donors (Lipinski definition) is 2. The average molecular weight is 232 g/mol. The summed E-state index contributed by atoms with van der Waals surface area (Å²) in [6.45, 7) is 0. The molecule has 14 heavy (non-hydrogen) atoms. The molecule has 0 radical (unpaired) electrons. The van der Waals surface area contributed by atoms with Crippen LogP contribution in [-0.4, -0.2) is 18.4 Å². The number of aromatic nitrogens is 2. The summed E-state index contributed by atoms with van der Waals surface area (Å²) in [5.41, 5.74) is 0.471. The highest BCUT2D eigenvalue weighted by Gasteiger charge is 2.15. The van der Waals surface area contributed by atoms with Crippen molar-refractivity contribution < 1.29 is 8.42 Å². The summed E-state index contributed by atoms with van der Waals surface area (Å²) >= 11 is 5.74. The zero-order chi connectivity index (χ0) is 10.3. The topological polar surface area (TPSA) is 88.8 Å². The van der Waals surface area contributed by atoms with Crippen molar-refractivity contribution in [1.29, 1.82) is 0 Å². The number of hydrogen-bond acceptors (Lipinski definition) is 3. The Balaban J connectivity index is 2.90. The van der Waals surface area contributed by atoms with E-state index in [2.05, 4.69) is 9.97 Å². The van der Waals surface area contributed by atoms with Gasteiger partial charge in [0.05, 0.1) is 5.52 Å². The number of aromatic amines is 1. The molecule has 2 aromatic heterocycles. The smallest absolute Gasteiger partial charge is 0.240 e. The summed E-state index contributed by atoms with van der Waals surface area (Å²) in [6, 6.07) is 1.54. The van der Waals surface area contributed by atoms with E-state index >= 15 is 0 Å². The highest BCUT2D eigenvalue weighted by Crippen LogP contribution is 2.25. The lowest BCUT2D eigenvalue weighted by Crippen LogP contribution is -2.11. The molecule has 74 valence electrons. The fourth-order valence-corrected chi connectivity index (χ4v) is 2.14. The number of fused-ring (bicyclic) bond motifs is 1. The number of nitrogens with one attached hydrogen (secondary N) is 1. The molecular weight excluding hydrogens is 226 g/mol. The Bertz CT molecular complexity index is 590. The minimum Gasteiger partial charge on any atom is -0.357 e. The maximum Gasteiger partial charge on any atom is 0.240 e. The Morgan fingerprint density at radius 3 is 2.86 bits per heavy atom. The van der Waals surface area contributed by atoms with E-state index in [9.17, 15) is 8.42 Å². The van der Waals surface area contributed by atoms with E-state index in [-0.39, 0.29) is 10.0 Å². The zero-order valence-corrected chi connectivity index (χ0v) is 8.43. The first-order valence-electron chi connectivity index (χ1n) is 3.64. The molecule has 7 heteroatoms. The standard InChI is InChI=1S/C7H6ClN3O2S/c8-7-6-4(1-2-10-7)5(3-11-6)14(9,12)13/h1-3,11H,(H2,9,12,13). The minimum absolute atomic E-state index is 0.0248. The van der Waals surface area contributed by atoms with Crippen molar-refractivity contribution in [3.8, 4) is 0 Å². The fourth-order valence-electron chi connectivity index (χ4n) is 1.23. The molecule has 2 aromatic rings. The van der Waals surface area contributed by atoms with Gasteiger partial charge in [0.2, 0.25) is 10.0 Å². The van der Waals surface area contributed by atoms with Crippen LogP contribution in [0.3, 0.4) is 0 Å². The fraction of sp³-hybridized carbons (Fsp3) is 0. The molecule has 0 aliphatic carbocycles. The van der Waals surface area contributed by atoms with E-state index in [0.717, 1.165) is 0 Å². The van der Waals surface area contributed by atoms with Gasteiger partial charge in [-0.1, -0.05) is 11.6 Å². The van der Waals surface area contributed by atoms with Crippen LogP contribution in [0, 0.1) is 0 Å². The molecule has 0 unspecified atom stereocenters. The van der Waals surface area contributed by atoms with E-state index < -0.39 is 10.0 Å². The van der Waals surface area contributed by atoms with E-state index in [1.54, 1.807) is 0 Å². The van der Waals surface area contributed by atoms with Crippen LogP contribution in [-0.2, 0) is 10.0 Å². The maximum atomic E-state index is 11.1. The third-order valence-corrected chi connectivity index (χ3v) is 3.06. The molecule has 0 aliphatic rings. The predicted octanol–water partition coefficient (Wildman–Crippen LogP) is 0.864. The molecule has 0 amide bonds. The molecule has 2 heterocycles. The van der Waals surface area contributed by atoms with Gasteiger partial charge in [0.1, 0.15) is 4.90 Å². The highest BCUT2D eigenvalue weighted by atomic mass is 35.5. The van der Waals surface area contributed by atoms with Crippen LogP contribution in [0.4, 0.5) is 0 Å². The Hall–Kier alpha value is -1.11. The quantitative estimate of drug-likeness (QED) is 0.714. The highest BCUT2D eigenvalue weighted by molar-refractivity contribution is 7.89. The summed E-state index contributed by atoms with van der Waals surface area (Å²) in [6.07, 6.45) is 2.72. The lowest BCUT2D eigenvalue weighted by molar-refractivity contribution is 0.598. The van der Waals surface area contributed by atoms with E-state index in [1.165, 1.54) is 18.5 Å². The van der Waals surface area contributed by atoms with Crippen LogP contribution in [0.5, 0.6) is 0 Å². The summed E-state index contributed by atoms with van der Waals surface area (Å²) in [5.74, 6) is 0. The van der Waals surface area contributed by atoms with Gasteiger partial charge >= 0.3 is 0 Å². The Morgan fingerprint density at radius 1 is 1.50 bits per heavy atom. The summed E-state index contributed by atoms with van der Waals surface area (Å²) < 4.78 is 22.2. The third-order valence-electron chi connectivity index (χ3n) is 1.82. The SMILES string of the molecule is NS(=O)(=O)c1c[nH]c2c(Cl)nccc12. The number of sulfonamides is 1. The molecule has 0 fully saturated rings. The predicted molar refractivity (Wildman–Crippen MR) is 52.5 cm³/mol. The molecule has 0 bridgehead atoms. The van der Waals surface area contributed by atoms with Crippen molar-refractivity contribution in [3.63, 3.8) is 0 Å². The van der Waals surface area contributed by atoms with Crippen LogP contribution >= 0.6 is 11.6 Å². The molecule has 0 spiro atoms. The van der Waals surface area contributed by atoms with Gasteiger partial charge in [0.15, 0.2) is 5.15 Å². The largest absolute Gasteiger partial charge is 0.357 e. The molecule has 0 saturated heterocycles. The van der Waals surface area contributed by atoms with Gasteiger partial charge < -0.3 is 4.98 Å². The monoisotopic (exact) mass is 231 g/mol. The zero-order valence-electron chi connectivity index (χ0n) is 6.86. The van der Waals surface area contributed by atoms with Gasteiger partial charge in [0.25, 0.3) is 0 Å². The number of nitrogens with two attached hydrogens (primary N) is 1. The lowest BCUT2D eigenvalue weighted by atomic mass is 10.3. The van der Waals surface area contributed by atoms with Gasteiger partial charge in [-0.25, -0.2) is 18.5 Å². The molecule has 0 atom stereocenters. The van der Waals surface area contributed by atoms with Crippen LogP contribution < -0.4 is 5.14 Å². The van der Waals surface area contributed by atoms with Crippen molar-refractivity contribution in [1.82, 2.24) is 9.97 Å². The van der Waals surface area contributed by atoms with E-state index in [4.69, 9.17) is 16.7 Å². The van der Waals surface area contributed by atoms with Gasteiger partial charge in [-0.15, -0.1) is 0 Å². The first-order chi connectivity index (χ1) is 6.50.